The molecule has 2 N–H and O–H groups in total. The zero-order valence-electron chi connectivity index (χ0n) is 12.2. The van der Waals surface area contributed by atoms with Crippen molar-refractivity contribution in [2.75, 3.05) is 12.4 Å². The van der Waals surface area contributed by atoms with Crippen LogP contribution in [-0.2, 0) is 0 Å². The van der Waals surface area contributed by atoms with E-state index in [2.05, 4.69) is 15.0 Å². The highest BCUT2D eigenvalue weighted by Gasteiger charge is 2.09. The van der Waals surface area contributed by atoms with Gasteiger partial charge < -0.3 is 14.8 Å². The summed E-state index contributed by atoms with van der Waals surface area (Å²) in [5.41, 5.74) is 2.04. The van der Waals surface area contributed by atoms with Crippen molar-refractivity contribution in [3.63, 3.8) is 0 Å². The average Bonchev–Trinajstić information content (AvgIpc) is 3.01. The van der Waals surface area contributed by atoms with Gasteiger partial charge in [0.15, 0.2) is 5.16 Å². The Morgan fingerprint density at radius 2 is 2.09 bits per heavy atom. The van der Waals surface area contributed by atoms with Crippen molar-refractivity contribution in [3.05, 3.63) is 48.4 Å². The quantitative estimate of drug-likeness (QED) is 0.540. The fraction of sp³-hybridized carbons (Fsp3) is 0.250. The Balaban J connectivity index is 1.53. The number of aryl methyl sites for hydroxylation is 1. The number of ether oxygens (including phenoxy) is 1. The monoisotopic (exact) mass is 315 g/mol. The van der Waals surface area contributed by atoms with E-state index < -0.39 is 6.10 Å². The van der Waals surface area contributed by atoms with Gasteiger partial charge in [-0.1, -0.05) is 17.8 Å². The van der Waals surface area contributed by atoms with Gasteiger partial charge in [-0.15, -0.1) is 0 Å². The van der Waals surface area contributed by atoms with Crippen LogP contribution in [0.2, 0.25) is 0 Å². The Bertz CT molecular complexity index is 742. The maximum atomic E-state index is 10.0. The molecule has 1 atom stereocenters. The molecule has 6 heteroatoms. The minimum atomic E-state index is -0.580. The van der Waals surface area contributed by atoms with Crippen LogP contribution in [0, 0.1) is 6.92 Å². The number of benzene rings is 1. The van der Waals surface area contributed by atoms with Crippen molar-refractivity contribution < 1.29 is 9.84 Å². The first-order chi connectivity index (χ1) is 10.7. The smallest absolute Gasteiger partial charge is 0.187 e. The van der Waals surface area contributed by atoms with Crippen LogP contribution in [0.3, 0.4) is 0 Å². The molecule has 0 unspecified atom stereocenters. The lowest BCUT2D eigenvalue weighted by molar-refractivity contribution is 0.127. The lowest BCUT2D eigenvalue weighted by Gasteiger charge is -2.12. The second kappa shape index (κ2) is 6.81. The van der Waals surface area contributed by atoms with Gasteiger partial charge in [0.25, 0.3) is 0 Å². The largest absolute Gasteiger partial charge is 0.490 e. The van der Waals surface area contributed by atoms with Crippen LogP contribution in [0.5, 0.6) is 5.75 Å². The lowest BCUT2D eigenvalue weighted by Crippen LogP contribution is -2.20. The van der Waals surface area contributed by atoms with Crippen molar-refractivity contribution in [2.45, 2.75) is 18.2 Å². The maximum Gasteiger partial charge on any atom is 0.187 e. The van der Waals surface area contributed by atoms with Crippen molar-refractivity contribution in [1.82, 2.24) is 15.0 Å². The Labute approximate surface area is 132 Å². The molecule has 0 amide bonds. The molecular formula is C16H17N3O2S. The van der Waals surface area contributed by atoms with Crippen molar-refractivity contribution in [2.24, 2.45) is 0 Å². The topological polar surface area (TPSA) is 71.0 Å². The van der Waals surface area contributed by atoms with E-state index in [4.69, 9.17) is 4.74 Å². The van der Waals surface area contributed by atoms with E-state index in [-0.39, 0.29) is 6.61 Å². The second-order valence-electron chi connectivity index (χ2n) is 5.01. The van der Waals surface area contributed by atoms with Gasteiger partial charge in [-0.2, -0.15) is 0 Å². The maximum absolute atomic E-state index is 10.0. The molecule has 0 bridgehead atoms. The molecule has 5 nitrogen and oxygen atoms in total. The number of hydrogen-bond donors (Lipinski definition) is 2. The second-order valence-corrected chi connectivity index (χ2v) is 6.00. The van der Waals surface area contributed by atoms with Gasteiger partial charge in [0.05, 0.1) is 6.10 Å². The first kappa shape index (κ1) is 14.9. The van der Waals surface area contributed by atoms with Gasteiger partial charge in [0.2, 0.25) is 0 Å². The van der Waals surface area contributed by atoms with Crippen LogP contribution < -0.4 is 4.74 Å². The van der Waals surface area contributed by atoms with Gasteiger partial charge in [-0.05, 0) is 30.7 Å². The van der Waals surface area contributed by atoms with Crippen LogP contribution in [0.25, 0.3) is 10.9 Å². The summed E-state index contributed by atoms with van der Waals surface area (Å²) in [6, 6.07) is 7.78. The number of aromatic amines is 1. The van der Waals surface area contributed by atoms with E-state index in [9.17, 15) is 5.11 Å². The molecule has 0 aliphatic rings. The molecule has 0 saturated heterocycles. The fourth-order valence-electron chi connectivity index (χ4n) is 2.04. The van der Waals surface area contributed by atoms with Crippen molar-refractivity contribution in [1.29, 1.82) is 0 Å². The minimum absolute atomic E-state index is 0.239. The van der Waals surface area contributed by atoms with Gasteiger partial charge in [0.1, 0.15) is 12.4 Å². The molecule has 0 aliphatic carbocycles. The van der Waals surface area contributed by atoms with Gasteiger partial charge >= 0.3 is 0 Å². The molecule has 2 heterocycles. The number of aliphatic hydroxyl groups excluding tert-OH is 1. The number of aliphatic hydroxyl groups is 1. The molecule has 0 saturated carbocycles. The Kier molecular flexibility index (Phi) is 4.60. The lowest BCUT2D eigenvalue weighted by atomic mass is 10.2. The number of hydrogen-bond acceptors (Lipinski definition) is 5. The summed E-state index contributed by atoms with van der Waals surface area (Å²) in [5.74, 6) is 1.26. The van der Waals surface area contributed by atoms with E-state index in [0.717, 1.165) is 22.2 Å². The SMILES string of the molecule is Cc1cnc(SC[C@@H](O)COc2cccc3[nH]ccc23)nc1. The van der Waals surface area contributed by atoms with E-state index in [1.54, 1.807) is 12.4 Å². The first-order valence-corrected chi connectivity index (χ1v) is 7.99. The molecule has 0 aliphatic heterocycles. The number of H-pyrrole nitrogens is 1. The summed E-state index contributed by atoms with van der Waals surface area (Å²) < 4.78 is 5.72. The van der Waals surface area contributed by atoms with E-state index in [1.165, 1.54) is 11.8 Å². The standard InChI is InChI=1S/C16H17N3O2S/c1-11-7-18-16(19-8-11)22-10-12(20)9-21-15-4-2-3-14-13(15)5-6-17-14/h2-8,12,17,20H,9-10H2,1H3/t12-/m0/s1. The number of thioether (sulfide) groups is 1. The Hall–Kier alpha value is -2.05. The molecule has 1 aromatic carbocycles. The van der Waals surface area contributed by atoms with Crippen LogP contribution in [-0.4, -0.2) is 38.5 Å². The fourth-order valence-corrected chi connectivity index (χ4v) is 2.73. The molecule has 0 radical (unpaired) electrons. The van der Waals surface area contributed by atoms with Gasteiger partial charge in [-0.3, -0.25) is 0 Å². The van der Waals surface area contributed by atoms with Crippen LogP contribution in [0.1, 0.15) is 5.56 Å². The Morgan fingerprint density at radius 1 is 1.27 bits per heavy atom. The third-order valence-corrected chi connectivity index (χ3v) is 4.17. The highest BCUT2D eigenvalue weighted by Crippen LogP contribution is 2.24. The molecular weight excluding hydrogens is 298 g/mol. The minimum Gasteiger partial charge on any atom is -0.490 e. The third kappa shape index (κ3) is 3.58. The highest BCUT2D eigenvalue weighted by atomic mass is 32.2. The van der Waals surface area contributed by atoms with Crippen LogP contribution >= 0.6 is 11.8 Å². The van der Waals surface area contributed by atoms with Gasteiger partial charge in [0, 0.05) is 35.2 Å². The number of rotatable bonds is 6. The molecule has 3 rings (SSSR count). The predicted molar refractivity (Wildman–Crippen MR) is 87.3 cm³/mol. The summed E-state index contributed by atoms with van der Waals surface area (Å²) in [4.78, 5) is 11.5. The van der Waals surface area contributed by atoms with Gasteiger partial charge in [-0.25, -0.2) is 9.97 Å². The summed E-state index contributed by atoms with van der Waals surface area (Å²) in [5, 5.41) is 11.7. The van der Waals surface area contributed by atoms with Crippen LogP contribution in [0.4, 0.5) is 0 Å². The zero-order chi connectivity index (χ0) is 15.4. The number of nitrogens with one attached hydrogen (secondary N) is 1. The normalized spacial score (nSPS) is 12.5. The van der Waals surface area contributed by atoms with E-state index >= 15 is 0 Å². The number of nitrogens with zero attached hydrogens (tertiary/aromatic N) is 2. The molecule has 2 aromatic heterocycles. The summed E-state index contributed by atoms with van der Waals surface area (Å²) in [6.45, 7) is 2.18. The first-order valence-electron chi connectivity index (χ1n) is 7.01. The zero-order valence-corrected chi connectivity index (χ0v) is 13.0. The number of fused-ring (bicyclic) bond motifs is 1. The van der Waals surface area contributed by atoms with Crippen molar-refractivity contribution >= 4 is 22.7 Å². The number of aromatic nitrogens is 3. The molecule has 114 valence electrons. The Morgan fingerprint density at radius 3 is 2.91 bits per heavy atom. The van der Waals surface area contributed by atoms with Crippen LogP contribution in [0.15, 0.2) is 48.0 Å². The third-order valence-electron chi connectivity index (χ3n) is 3.15. The summed E-state index contributed by atoms with van der Waals surface area (Å²) in [7, 11) is 0. The molecule has 3 aromatic rings. The highest BCUT2D eigenvalue weighted by molar-refractivity contribution is 7.99. The molecule has 22 heavy (non-hydrogen) atoms. The van der Waals surface area contributed by atoms with Crippen molar-refractivity contribution in [3.8, 4) is 5.75 Å². The summed E-state index contributed by atoms with van der Waals surface area (Å²) >= 11 is 1.42. The average molecular weight is 315 g/mol. The van der Waals surface area contributed by atoms with E-state index in [1.807, 2.05) is 37.4 Å². The van der Waals surface area contributed by atoms with E-state index in [0.29, 0.717) is 10.9 Å². The predicted octanol–water partition coefficient (Wildman–Crippen LogP) is 2.80. The summed E-state index contributed by atoms with van der Waals surface area (Å²) in [6.07, 6.45) is 4.83. The molecule has 0 fully saturated rings. The molecule has 0 spiro atoms.